The lowest BCUT2D eigenvalue weighted by molar-refractivity contribution is 0.179. The zero-order chi connectivity index (χ0) is 11.4. The predicted octanol–water partition coefficient (Wildman–Crippen LogP) is 2.07. The van der Waals surface area contributed by atoms with Gasteiger partial charge in [-0.2, -0.15) is 0 Å². The summed E-state index contributed by atoms with van der Waals surface area (Å²) in [5, 5.41) is 0. The van der Waals surface area contributed by atoms with E-state index in [9.17, 15) is 0 Å². The second kappa shape index (κ2) is 5.30. The lowest BCUT2D eigenvalue weighted by Crippen LogP contribution is -2.20. The van der Waals surface area contributed by atoms with Crippen molar-refractivity contribution in [2.75, 3.05) is 13.2 Å². The monoisotopic (exact) mass is 220 g/mol. The molecule has 1 aliphatic rings. The Kier molecular flexibility index (Phi) is 3.78. The number of ether oxygens (including phenoxy) is 1. The zero-order valence-corrected chi connectivity index (χ0v) is 9.91. The summed E-state index contributed by atoms with van der Waals surface area (Å²) in [6.07, 6.45) is 4.77. The second-order valence-electron chi connectivity index (χ2n) is 4.54. The first-order valence-electron chi connectivity index (χ1n) is 6.09. The Hall–Kier alpha value is -1.09. The van der Waals surface area contributed by atoms with E-state index in [4.69, 9.17) is 10.5 Å². The molecule has 0 unspecified atom stereocenters. The van der Waals surface area contributed by atoms with Crippen molar-refractivity contribution in [2.45, 2.75) is 32.6 Å². The second-order valence-corrected chi connectivity index (χ2v) is 4.54. The van der Waals surface area contributed by atoms with E-state index in [1.807, 2.05) is 19.1 Å². The van der Waals surface area contributed by atoms with Crippen LogP contribution < -0.4 is 10.5 Å². The summed E-state index contributed by atoms with van der Waals surface area (Å²) in [6, 6.07) is 4.02. The zero-order valence-electron chi connectivity index (χ0n) is 9.91. The molecule has 0 bridgehead atoms. The van der Waals surface area contributed by atoms with Gasteiger partial charge in [-0.25, -0.2) is 0 Å². The van der Waals surface area contributed by atoms with E-state index < -0.39 is 0 Å². The third kappa shape index (κ3) is 2.73. The third-order valence-electron chi connectivity index (χ3n) is 3.15. The SMILES string of the molecule is Cc1ccc(OCC2CCC2)c(CCN)n1. The van der Waals surface area contributed by atoms with Gasteiger partial charge in [-0.1, -0.05) is 6.42 Å². The Bertz CT molecular complexity index is 348. The van der Waals surface area contributed by atoms with Crippen LogP contribution in [0.25, 0.3) is 0 Å². The number of nitrogens with zero attached hydrogens (tertiary/aromatic N) is 1. The molecule has 16 heavy (non-hydrogen) atoms. The van der Waals surface area contributed by atoms with Crippen LogP contribution in [0.4, 0.5) is 0 Å². The number of hydrogen-bond donors (Lipinski definition) is 1. The van der Waals surface area contributed by atoms with Gasteiger partial charge in [0, 0.05) is 12.1 Å². The normalized spacial score (nSPS) is 15.9. The summed E-state index contributed by atoms with van der Waals surface area (Å²) in [7, 11) is 0. The lowest BCUT2D eigenvalue weighted by Gasteiger charge is -2.25. The Balaban J connectivity index is 1.99. The maximum absolute atomic E-state index is 5.83. The molecular formula is C13H20N2O. The molecular weight excluding hydrogens is 200 g/mol. The number of aromatic nitrogens is 1. The maximum Gasteiger partial charge on any atom is 0.140 e. The van der Waals surface area contributed by atoms with Crippen molar-refractivity contribution in [1.82, 2.24) is 4.98 Å². The van der Waals surface area contributed by atoms with Crippen molar-refractivity contribution in [3.8, 4) is 5.75 Å². The molecule has 0 atom stereocenters. The summed E-state index contributed by atoms with van der Waals surface area (Å²) >= 11 is 0. The lowest BCUT2D eigenvalue weighted by atomic mass is 9.86. The van der Waals surface area contributed by atoms with E-state index in [2.05, 4.69) is 4.98 Å². The number of hydrogen-bond acceptors (Lipinski definition) is 3. The predicted molar refractivity (Wildman–Crippen MR) is 64.6 cm³/mol. The topological polar surface area (TPSA) is 48.1 Å². The average Bonchev–Trinajstić information content (AvgIpc) is 2.19. The number of aryl methyl sites for hydroxylation is 1. The smallest absolute Gasteiger partial charge is 0.140 e. The highest BCUT2D eigenvalue weighted by Crippen LogP contribution is 2.27. The highest BCUT2D eigenvalue weighted by Gasteiger charge is 2.18. The summed E-state index contributed by atoms with van der Waals surface area (Å²) < 4.78 is 5.83. The fourth-order valence-corrected chi connectivity index (χ4v) is 1.91. The van der Waals surface area contributed by atoms with Crippen LogP contribution in [0.2, 0.25) is 0 Å². The first-order valence-corrected chi connectivity index (χ1v) is 6.09. The maximum atomic E-state index is 5.83. The Morgan fingerprint density at radius 3 is 2.88 bits per heavy atom. The molecule has 88 valence electrons. The number of rotatable bonds is 5. The number of nitrogens with two attached hydrogens (primary N) is 1. The third-order valence-corrected chi connectivity index (χ3v) is 3.15. The van der Waals surface area contributed by atoms with Crippen molar-refractivity contribution < 1.29 is 4.74 Å². The van der Waals surface area contributed by atoms with E-state index in [0.717, 1.165) is 36.1 Å². The van der Waals surface area contributed by atoms with Crippen LogP contribution in [0, 0.1) is 12.8 Å². The molecule has 1 aliphatic carbocycles. The standard InChI is InChI=1S/C13H20N2O/c1-10-5-6-13(12(15-10)7-8-14)16-9-11-3-2-4-11/h5-6,11H,2-4,7-9,14H2,1H3. The van der Waals surface area contributed by atoms with Gasteiger partial charge in [-0.15, -0.1) is 0 Å². The summed E-state index contributed by atoms with van der Waals surface area (Å²) in [4.78, 5) is 4.48. The molecule has 1 aromatic rings. The summed E-state index contributed by atoms with van der Waals surface area (Å²) in [6.45, 7) is 3.45. The van der Waals surface area contributed by atoms with Gasteiger partial charge in [0.15, 0.2) is 0 Å². The van der Waals surface area contributed by atoms with Crippen molar-refractivity contribution in [1.29, 1.82) is 0 Å². The molecule has 1 aromatic heterocycles. The molecule has 0 spiro atoms. The van der Waals surface area contributed by atoms with Crippen LogP contribution in [0.5, 0.6) is 5.75 Å². The van der Waals surface area contributed by atoms with E-state index in [1.165, 1.54) is 19.3 Å². The summed E-state index contributed by atoms with van der Waals surface area (Å²) in [5.41, 5.74) is 7.61. The highest BCUT2D eigenvalue weighted by molar-refractivity contribution is 5.29. The van der Waals surface area contributed by atoms with Crippen LogP contribution in [-0.2, 0) is 6.42 Å². The van der Waals surface area contributed by atoms with Crippen LogP contribution in [0.1, 0.15) is 30.7 Å². The molecule has 1 fully saturated rings. The van der Waals surface area contributed by atoms with Gasteiger partial charge in [-0.05, 0) is 44.4 Å². The van der Waals surface area contributed by atoms with E-state index in [0.29, 0.717) is 6.54 Å². The molecule has 1 saturated carbocycles. The van der Waals surface area contributed by atoms with Crippen LogP contribution in [0.3, 0.4) is 0 Å². The van der Waals surface area contributed by atoms with Crippen LogP contribution in [-0.4, -0.2) is 18.1 Å². The first kappa shape index (κ1) is 11.4. The molecule has 0 radical (unpaired) electrons. The Morgan fingerprint density at radius 1 is 1.44 bits per heavy atom. The summed E-state index contributed by atoms with van der Waals surface area (Å²) in [5.74, 6) is 1.68. The molecule has 3 nitrogen and oxygen atoms in total. The van der Waals surface area contributed by atoms with E-state index in [-0.39, 0.29) is 0 Å². The quantitative estimate of drug-likeness (QED) is 0.826. The molecule has 0 aliphatic heterocycles. The number of pyridine rings is 1. The van der Waals surface area contributed by atoms with Gasteiger partial charge < -0.3 is 10.5 Å². The van der Waals surface area contributed by atoms with Crippen LogP contribution in [0.15, 0.2) is 12.1 Å². The Labute approximate surface area is 97.0 Å². The van der Waals surface area contributed by atoms with Gasteiger partial charge in [0.25, 0.3) is 0 Å². The fraction of sp³-hybridized carbons (Fsp3) is 0.615. The minimum Gasteiger partial charge on any atom is -0.491 e. The molecule has 0 amide bonds. The van der Waals surface area contributed by atoms with Crippen LogP contribution >= 0.6 is 0 Å². The van der Waals surface area contributed by atoms with Gasteiger partial charge in [-0.3, -0.25) is 4.98 Å². The van der Waals surface area contributed by atoms with E-state index in [1.54, 1.807) is 0 Å². The Morgan fingerprint density at radius 2 is 2.25 bits per heavy atom. The van der Waals surface area contributed by atoms with Gasteiger partial charge in [0.1, 0.15) is 5.75 Å². The van der Waals surface area contributed by atoms with Gasteiger partial charge in [0.05, 0.1) is 12.3 Å². The highest BCUT2D eigenvalue weighted by atomic mass is 16.5. The minimum atomic E-state index is 0.621. The van der Waals surface area contributed by atoms with Crippen molar-refractivity contribution in [3.63, 3.8) is 0 Å². The van der Waals surface area contributed by atoms with Crippen molar-refractivity contribution >= 4 is 0 Å². The van der Waals surface area contributed by atoms with Gasteiger partial charge in [0.2, 0.25) is 0 Å². The average molecular weight is 220 g/mol. The molecule has 0 saturated heterocycles. The first-order chi connectivity index (χ1) is 7.79. The molecule has 3 heteroatoms. The fourth-order valence-electron chi connectivity index (χ4n) is 1.91. The minimum absolute atomic E-state index is 0.621. The molecule has 2 rings (SSSR count). The molecule has 2 N–H and O–H groups in total. The van der Waals surface area contributed by atoms with Crippen molar-refractivity contribution in [2.24, 2.45) is 11.7 Å². The molecule has 0 aromatic carbocycles. The van der Waals surface area contributed by atoms with E-state index >= 15 is 0 Å². The van der Waals surface area contributed by atoms with Crippen molar-refractivity contribution in [3.05, 3.63) is 23.5 Å². The largest absolute Gasteiger partial charge is 0.491 e. The molecule has 1 heterocycles. The van der Waals surface area contributed by atoms with Gasteiger partial charge >= 0.3 is 0 Å².